The quantitative estimate of drug-likeness (QED) is 0.107. The van der Waals surface area contributed by atoms with E-state index in [1.54, 1.807) is 24.3 Å². The molecule has 0 unspecified atom stereocenters. The Kier molecular flexibility index (Phi) is 9.44. The Morgan fingerprint density at radius 1 is 0.796 bits per heavy atom. The molecule has 8 rings (SSSR count). The summed E-state index contributed by atoms with van der Waals surface area (Å²) < 4.78 is 19.9. The average molecular weight is 743 g/mol. The van der Waals surface area contributed by atoms with Crippen LogP contribution in [-0.4, -0.2) is 42.7 Å². The molecule has 4 aromatic carbocycles. The number of furan rings is 1. The number of anilines is 3. The Balaban J connectivity index is 1.15. The van der Waals surface area contributed by atoms with E-state index >= 15 is 0 Å². The number of nitrogens with one attached hydrogen (secondary N) is 1. The minimum absolute atomic E-state index is 0.109. The van der Waals surface area contributed by atoms with Crippen LogP contribution in [0, 0.1) is 23.7 Å². The summed E-state index contributed by atoms with van der Waals surface area (Å²) in [6.07, 6.45) is -0.217. The van der Waals surface area contributed by atoms with Crippen molar-refractivity contribution in [2.24, 2.45) is 23.7 Å². The van der Waals surface area contributed by atoms with Gasteiger partial charge in [-0.25, -0.2) is 0 Å². The number of benzene rings is 4. The second-order valence-electron chi connectivity index (χ2n) is 15.8. The van der Waals surface area contributed by atoms with Crippen molar-refractivity contribution in [2.45, 2.75) is 57.1 Å². The molecule has 0 spiro atoms. The minimum Gasteiger partial charge on any atom is -0.461 e. The number of imide groups is 1. The molecule has 1 aromatic heterocycles. The topological polar surface area (TPSA) is 121 Å². The first-order valence-corrected chi connectivity index (χ1v) is 20.6. The number of ether oxygens (including phenoxy) is 1. The molecule has 9 nitrogen and oxygen atoms in total. The van der Waals surface area contributed by atoms with Crippen LogP contribution in [0.5, 0.6) is 0 Å². The fourth-order valence-corrected chi connectivity index (χ4v) is 13.7. The van der Waals surface area contributed by atoms with E-state index in [0.29, 0.717) is 17.2 Å². The first-order chi connectivity index (χ1) is 26.0. The normalized spacial score (nSPS) is 25.4. The highest BCUT2D eigenvalue weighted by molar-refractivity contribution is 6.99. The van der Waals surface area contributed by atoms with E-state index in [9.17, 15) is 19.8 Å². The molecule has 3 fully saturated rings. The number of rotatable bonds is 10. The summed E-state index contributed by atoms with van der Waals surface area (Å²) in [5.41, 5.74) is 2.23. The number of hydrogen-bond acceptors (Lipinski definition) is 8. The van der Waals surface area contributed by atoms with Gasteiger partial charge in [-0.05, 0) is 76.8 Å². The Morgan fingerprint density at radius 2 is 1.39 bits per heavy atom. The van der Waals surface area contributed by atoms with E-state index in [1.165, 1.54) is 4.90 Å². The maximum absolute atomic E-state index is 14.5. The summed E-state index contributed by atoms with van der Waals surface area (Å²) >= 11 is 0. The lowest BCUT2D eigenvalue weighted by Crippen LogP contribution is -2.67. The van der Waals surface area contributed by atoms with Gasteiger partial charge in [-0.3, -0.25) is 14.5 Å². The molecule has 1 aliphatic carbocycles. The number of carbonyl (C=O) groups excluding carboxylic acids is 2. The molecule has 2 amide bonds. The molecule has 3 heterocycles. The van der Waals surface area contributed by atoms with Crippen LogP contribution in [0.2, 0.25) is 5.04 Å². The van der Waals surface area contributed by atoms with E-state index in [-0.39, 0.29) is 42.9 Å². The lowest BCUT2D eigenvalue weighted by atomic mass is 9.64. The highest BCUT2D eigenvalue weighted by Gasteiger charge is 2.67. The summed E-state index contributed by atoms with van der Waals surface area (Å²) in [4.78, 5) is 30.2. The molecule has 3 aliphatic rings. The smallest absolute Gasteiger partial charge is 0.261 e. The number of hydrogen-bond donors (Lipinski definition) is 3. The number of amides is 2. The summed E-state index contributed by atoms with van der Waals surface area (Å²) in [5, 5.41) is 27.8. The molecule has 6 atom stereocenters. The third kappa shape index (κ3) is 6.12. The molecule has 2 aliphatic heterocycles. The second-order valence-corrected chi connectivity index (χ2v) is 20.1. The van der Waals surface area contributed by atoms with Crippen LogP contribution in [-0.2, 0) is 25.4 Å². The Labute approximate surface area is 316 Å². The number of fused-ring (bicyclic) bond motifs is 3. The molecule has 54 heavy (non-hydrogen) atoms. The van der Waals surface area contributed by atoms with Gasteiger partial charge >= 0.3 is 0 Å². The van der Waals surface area contributed by atoms with Crippen LogP contribution in [0.25, 0.3) is 0 Å². The van der Waals surface area contributed by atoms with Crippen molar-refractivity contribution in [1.29, 1.82) is 0 Å². The number of aliphatic hydroxyl groups is 2. The van der Waals surface area contributed by atoms with Gasteiger partial charge in [0.15, 0.2) is 5.79 Å². The summed E-state index contributed by atoms with van der Waals surface area (Å²) in [6.45, 7) is 6.43. The van der Waals surface area contributed by atoms with Crippen molar-refractivity contribution in [1.82, 2.24) is 0 Å². The maximum atomic E-state index is 14.5. The third-order valence-electron chi connectivity index (χ3n) is 11.6. The molecule has 5 aromatic rings. The summed E-state index contributed by atoms with van der Waals surface area (Å²) in [5.74, 6) is -4.41. The van der Waals surface area contributed by atoms with Gasteiger partial charge in [-0.15, -0.1) is 0 Å². The monoisotopic (exact) mass is 742 g/mol. The van der Waals surface area contributed by atoms with Crippen LogP contribution >= 0.6 is 0 Å². The van der Waals surface area contributed by atoms with Gasteiger partial charge in [0.2, 0.25) is 11.8 Å². The van der Waals surface area contributed by atoms with Gasteiger partial charge in [-0.2, -0.15) is 0 Å². The number of aliphatic hydroxyl groups excluding tert-OH is 1. The molecule has 10 heteroatoms. The predicted octanol–water partition coefficient (Wildman–Crippen LogP) is 6.68. The van der Waals surface area contributed by atoms with Gasteiger partial charge in [0, 0.05) is 29.8 Å². The lowest BCUT2D eigenvalue weighted by molar-refractivity contribution is -0.274. The lowest BCUT2D eigenvalue weighted by Gasteiger charge is -2.48. The van der Waals surface area contributed by atoms with E-state index in [2.05, 4.69) is 50.4 Å². The molecule has 1 saturated carbocycles. The Morgan fingerprint density at radius 3 is 1.96 bits per heavy atom. The first kappa shape index (κ1) is 36.1. The molecule has 0 radical (unpaired) electrons. The van der Waals surface area contributed by atoms with Crippen molar-refractivity contribution in [3.05, 3.63) is 139 Å². The summed E-state index contributed by atoms with van der Waals surface area (Å²) in [7, 11) is -3.04. The molecule has 278 valence electrons. The zero-order valence-electron chi connectivity index (χ0n) is 30.7. The van der Waals surface area contributed by atoms with Crippen LogP contribution in [0.15, 0.2) is 132 Å². The molecular formula is C44H46N2O7Si. The van der Waals surface area contributed by atoms with Crippen molar-refractivity contribution in [2.75, 3.05) is 16.8 Å². The van der Waals surface area contributed by atoms with E-state index in [0.717, 1.165) is 21.7 Å². The van der Waals surface area contributed by atoms with Gasteiger partial charge in [-0.1, -0.05) is 99.6 Å². The second kappa shape index (κ2) is 14.1. The summed E-state index contributed by atoms with van der Waals surface area (Å²) in [6, 6.07) is 41.0. The average Bonchev–Trinajstić information content (AvgIpc) is 3.87. The van der Waals surface area contributed by atoms with Crippen molar-refractivity contribution >= 4 is 47.6 Å². The first-order valence-electron chi connectivity index (χ1n) is 18.7. The third-order valence-corrected chi connectivity index (χ3v) is 16.6. The molecule has 2 saturated heterocycles. The number of para-hydroxylation sites is 1. The van der Waals surface area contributed by atoms with Gasteiger partial charge in [0.05, 0.1) is 17.5 Å². The number of carbonyl (C=O) groups is 2. The highest BCUT2D eigenvalue weighted by atomic mass is 28.4. The molecular weight excluding hydrogens is 697 g/mol. The van der Waals surface area contributed by atoms with Gasteiger partial charge in [0.1, 0.15) is 24.2 Å². The van der Waals surface area contributed by atoms with E-state index in [1.807, 2.05) is 78.9 Å². The molecule has 0 bridgehead atoms. The van der Waals surface area contributed by atoms with Crippen LogP contribution in [0.4, 0.5) is 17.1 Å². The van der Waals surface area contributed by atoms with Crippen molar-refractivity contribution in [3.8, 4) is 0 Å². The maximum Gasteiger partial charge on any atom is 0.261 e. The van der Waals surface area contributed by atoms with Crippen LogP contribution in [0.1, 0.15) is 51.2 Å². The van der Waals surface area contributed by atoms with Crippen LogP contribution in [0.3, 0.4) is 0 Å². The van der Waals surface area contributed by atoms with Gasteiger partial charge in [0.25, 0.3) is 8.32 Å². The zero-order valence-corrected chi connectivity index (χ0v) is 31.7. The minimum atomic E-state index is -3.04. The zero-order chi connectivity index (χ0) is 37.7. The van der Waals surface area contributed by atoms with Gasteiger partial charge < -0.3 is 29.1 Å². The van der Waals surface area contributed by atoms with Crippen molar-refractivity contribution < 1.29 is 33.4 Å². The van der Waals surface area contributed by atoms with E-state index in [4.69, 9.17) is 13.6 Å². The molecule has 3 N–H and O–H groups in total. The fourth-order valence-electron chi connectivity index (χ4n) is 9.13. The van der Waals surface area contributed by atoms with Crippen molar-refractivity contribution in [3.63, 3.8) is 0 Å². The fraction of sp³-hybridized carbons (Fsp3) is 0.318. The Bertz CT molecular complexity index is 2060. The highest BCUT2D eigenvalue weighted by Crippen LogP contribution is 2.59. The standard InChI is InChI=1S/C44H46N2O7Si/c1-43(2,3)54(34-15-9-5-10-16-34,35-17-11-6-12-18-35)51-28-29-25-36-40(37-26-39(53-44(29,37)50)38-24-23-33(27-47)52-38)42(49)46(41(36)48)32-21-19-31(20-22-32)45-30-13-7-4-8-14-30/h4-24,29,36-37,39-40,45,47,50H,25-28H2,1-3H3/t29-,36+,37+,39+,40+,44-/m1/s1. The van der Waals surface area contributed by atoms with Crippen LogP contribution < -0.4 is 20.6 Å². The Hall–Kier alpha value is -4.84. The number of nitrogens with zero attached hydrogens (tertiary/aromatic N) is 1. The largest absolute Gasteiger partial charge is 0.461 e. The SMILES string of the molecule is CC(C)(C)[Si](OC[C@H]1C[C@@H]2C(=O)N(c3ccc(Nc4ccccc4)cc3)C(=O)[C@@H]2[C@@H]2C[C@@H](c3ccc(CO)o3)O[C@]12O)(c1ccccc1)c1ccccc1. The predicted molar refractivity (Wildman–Crippen MR) is 209 cm³/mol. The van der Waals surface area contributed by atoms with E-state index < -0.39 is 43.9 Å².